The zero-order valence-corrected chi connectivity index (χ0v) is 10.7. The lowest BCUT2D eigenvalue weighted by molar-refractivity contribution is -0.384. The molecule has 20 heavy (non-hydrogen) atoms. The van der Waals surface area contributed by atoms with Crippen molar-refractivity contribution in [3.05, 3.63) is 34.4 Å². The average molecular weight is 282 g/mol. The van der Waals surface area contributed by atoms with Crippen LogP contribution in [-0.2, 0) is 9.59 Å². The minimum Gasteiger partial charge on any atom is -0.481 e. The highest BCUT2D eigenvalue weighted by Crippen LogP contribution is 2.23. The minimum absolute atomic E-state index is 0.0516. The van der Waals surface area contributed by atoms with E-state index in [0.717, 1.165) is 0 Å². The molecule has 1 aromatic rings. The molecule has 0 amide bonds. The fourth-order valence-electron chi connectivity index (χ4n) is 1.68. The molecule has 8 nitrogen and oxygen atoms in total. The van der Waals surface area contributed by atoms with Gasteiger partial charge in [-0.15, -0.1) is 0 Å². The van der Waals surface area contributed by atoms with Gasteiger partial charge in [0.15, 0.2) is 0 Å². The number of hydrogen-bond acceptors (Lipinski definition) is 5. The summed E-state index contributed by atoms with van der Waals surface area (Å²) in [6.07, 6.45) is -0.264. The van der Waals surface area contributed by atoms with E-state index in [-0.39, 0.29) is 18.7 Å². The third-order valence-corrected chi connectivity index (χ3v) is 2.76. The molecule has 0 bridgehead atoms. The summed E-state index contributed by atoms with van der Waals surface area (Å²) in [6, 6.07) is 4.45. The number of carboxylic acids is 2. The van der Waals surface area contributed by atoms with Crippen molar-refractivity contribution >= 4 is 23.3 Å². The summed E-state index contributed by atoms with van der Waals surface area (Å²) in [4.78, 5) is 33.1. The van der Waals surface area contributed by atoms with Crippen molar-refractivity contribution in [1.82, 2.24) is 0 Å². The molecular weight excluding hydrogens is 268 g/mol. The Kier molecular flexibility index (Phi) is 5.01. The SMILES string of the molecule is CC(C(=O)O)N(CCC(=O)O)c1cccc([N+](=O)[O-])c1. The first-order valence-corrected chi connectivity index (χ1v) is 5.78. The quantitative estimate of drug-likeness (QED) is 0.571. The topological polar surface area (TPSA) is 121 Å². The van der Waals surface area contributed by atoms with E-state index in [1.807, 2.05) is 0 Å². The first-order chi connectivity index (χ1) is 9.32. The summed E-state index contributed by atoms with van der Waals surface area (Å²) in [7, 11) is 0. The van der Waals surface area contributed by atoms with Gasteiger partial charge >= 0.3 is 11.9 Å². The van der Waals surface area contributed by atoms with Gasteiger partial charge in [0.25, 0.3) is 5.69 Å². The van der Waals surface area contributed by atoms with Crippen molar-refractivity contribution in [3.63, 3.8) is 0 Å². The Hall–Kier alpha value is -2.64. The van der Waals surface area contributed by atoms with E-state index in [9.17, 15) is 19.7 Å². The number of nitro benzene ring substituents is 1. The number of nitrogens with zero attached hydrogens (tertiary/aromatic N) is 2. The van der Waals surface area contributed by atoms with Gasteiger partial charge in [-0.2, -0.15) is 0 Å². The molecule has 0 saturated carbocycles. The molecule has 1 rings (SSSR count). The Bertz CT molecular complexity index is 530. The number of carbonyl (C=O) groups is 2. The van der Waals surface area contributed by atoms with Gasteiger partial charge < -0.3 is 15.1 Å². The van der Waals surface area contributed by atoms with Crippen LogP contribution in [0, 0.1) is 10.1 Å². The summed E-state index contributed by atoms with van der Waals surface area (Å²) in [6.45, 7) is 1.34. The summed E-state index contributed by atoms with van der Waals surface area (Å²) < 4.78 is 0. The number of aliphatic carboxylic acids is 2. The number of non-ortho nitro benzene ring substituents is 1. The first kappa shape index (κ1) is 15.4. The first-order valence-electron chi connectivity index (χ1n) is 5.78. The van der Waals surface area contributed by atoms with Crippen LogP contribution < -0.4 is 4.90 Å². The van der Waals surface area contributed by atoms with Crippen LogP contribution in [0.2, 0.25) is 0 Å². The van der Waals surface area contributed by atoms with Crippen molar-refractivity contribution in [1.29, 1.82) is 0 Å². The Morgan fingerprint density at radius 2 is 2.05 bits per heavy atom. The number of benzene rings is 1. The van der Waals surface area contributed by atoms with Gasteiger partial charge in [-0.3, -0.25) is 14.9 Å². The fraction of sp³-hybridized carbons (Fsp3) is 0.333. The van der Waals surface area contributed by atoms with Crippen LogP contribution in [0.1, 0.15) is 13.3 Å². The van der Waals surface area contributed by atoms with Crippen LogP contribution >= 0.6 is 0 Å². The van der Waals surface area contributed by atoms with E-state index in [2.05, 4.69) is 0 Å². The maximum atomic E-state index is 11.1. The van der Waals surface area contributed by atoms with E-state index in [4.69, 9.17) is 10.2 Å². The van der Waals surface area contributed by atoms with Gasteiger partial charge in [0, 0.05) is 24.4 Å². The van der Waals surface area contributed by atoms with Crippen LogP contribution in [0.4, 0.5) is 11.4 Å². The van der Waals surface area contributed by atoms with Crippen LogP contribution in [0.3, 0.4) is 0 Å². The molecule has 1 unspecified atom stereocenters. The van der Waals surface area contributed by atoms with Crippen molar-refractivity contribution in [2.45, 2.75) is 19.4 Å². The lowest BCUT2D eigenvalue weighted by atomic mass is 10.2. The lowest BCUT2D eigenvalue weighted by Crippen LogP contribution is -2.40. The molecule has 2 N–H and O–H groups in total. The molecule has 8 heteroatoms. The number of hydrogen-bond donors (Lipinski definition) is 2. The largest absolute Gasteiger partial charge is 0.481 e. The smallest absolute Gasteiger partial charge is 0.326 e. The van der Waals surface area contributed by atoms with Crippen LogP contribution in [0.5, 0.6) is 0 Å². The second kappa shape index (κ2) is 6.50. The molecule has 0 fully saturated rings. The number of rotatable bonds is 7. The summed E-state index contributed by atoms with van der Waals surface area (Å²) in [5.41, 5.74) is 0.121. The molecule has 0 aliphatic carbocycles. The Balaban J connectivity index is 3.08. The monoisotopic (exact) mass is 282 g/mol. The maximum absolute atomic E-state index is 11.1. The second-order valence-corrected chi connectivity index (χ2v) is 4.13. The molecule has 0 saturated heterocycles. The predicted molar refractivity (Wildman–Crippen MR) is 69.8 cm³/mol. The number of anilines is 1. The van der Waals surface area contributed by atoms with Crippen LogP contribution in [-0.4, -0.2) is 39.7 Å². The third-order valence-electron chi connectivity index (χ3n) is 2.76. The number of carboxylic acid groups (broad SMARTS) is 2. The van der Waals surface area contributed by atoms with Crippen LogP contribution in [0.15, 0.2) is 24.3 Å². The highest BCUT2D eigenvalue weighted by atomic mass is 16.6. The van der Waals surface area contributed by atoms with Crippen molar-refractivity contribution < 1.29 is 24.7 Å². The average Bonchev–Trinajstić information content (AvgIpc) is 2.38. The summed E-state index contributed by atoms with van der Waals surface area (Å²) >= 11 is 0. The molecule has 0 aromatic heterocycles. The van der Waals surface area contributed by atoms with Gasteiger partial charge in [-0.25, -0.2) is 4.79 Å². The van der Waals surface area contributed by atoms with Gasteiger partial charge in [0.1, 0.15) is 6.04 Å². The standard InChI is InChI=1S/C12H14N2O6/c1-8(12(17)18)13(6-5-11(15)16)9-3-2-4-10(7-9)14(19)20/h2-4,7-8H,5-6H2,1H3,(H,15,16)(H,17,18). The van der Waals surface area contributed by atoms with E-state index in [0.29, 0.717) is 5.69 Å². The van der Waals surface area contributed by atoms with E-state index in [1.165, 1.54) is 36.1 Å². The molecule has 0 aliphatic rings. The Morgan fingerprint density at radius 1 is 1.40 bits per heavy atom. The van der Waals surface area contributed by atoms with E-state index in [1.54, 1.807) is 0 Å². The van der Waals surface area contributed by atoms with E-state index < -0.39 is 22.9 Å². The molecular formula is C12H14N2O6. The van der Waals surface area contributed by atoms with Gasteiger partial charge in [0.05, 0.1) is 11.3 Å². The molecule has 1 atom stereocenters. The third kappa shape index (κ3) is 3.94. The van der Waals surface area contributed by atoms with Crippen molar-refractivity contribution in [2.75, 3.05) is 11.4 Å². The lowest BCUT2D eigenvalue weighted by Gasteiger charge is -2.27. The van der Waals surface area contributed by atoms with Crippen molar-refractivity contribution in [2.24, 2.45) is 0 Å². The van der Waals surface area contributed by atoms with E-state index >= 15 is 0 Å². The normalized spacial score (nSPS) is 11.7. The molecule has 0 spiro atoms. The second-order valence-electron chi connectivity index (χ2n) is 4.13. The highest BCUT2D eigenvalue weighted by molar-refractivity contribution is 5.78. The summed E-state index contributed by atoms with van der Waals surface area (Å²) in [5, 5.41) is 28.4. The van der Waals surface area contributed by atoms with Gasteiger partial charge in [0.2, 0.25) is 0 Å². The zero-order chi connectivity index (χ0) is 15.3. The molecule has 0 radical (unpaired) electrons. The molecule has 0 heterocycles. The van der Waals surface area contributed by atoms with Crippen LogP contribution in [0.25, 0.3) is 0 Å². The maximum Gasteiger partial charge on any atom is 0.326 e. The molecule has 0 aliphatic heterocycles. The predicted octanol–water partition coefficient (Wildman–Crippen LogP) is 1.35. The Morgan fingerprint density at radius 3 is 2.55 bits per heavy atom. The van der Waals surface area contributed by atoms with Gasteiger partial charge in [-0.1, -0.05) is 6.07 Å². The van der Waals surface area contributed by atoms with Gasteiger partial charge in [-0.05, 0) is 13.0 Å². The molecule has 108 valence electrons. The number of nitro groups is 1. The fourth-order valence-corrected chi connectivity index (χ4v) is 1.68. The van der Waals surface area contributed by atoms with Crippen molar-refractivity contribution in [3.8, 4) is 0 Å². The minimum atomic E-state index is -1.14. The molecule has 1 aromatic carbocycles. The highest BCUT2D eigenvalue weighted by Gasteiger charge is 2.23. The Labute approximate surface area is 114 Å². The summed E-state index contributed by atoms with van der Waals surface area (Å²) in [5.74, 6) is -2.21. The zero-order valence-electron chi connectivity index (χ0n) is 10.7.